The van der Waals surface area contributed by atoms with Crippen LogP contribution in [0.2, 0.25) is 0 Å². The number of carbonyl (C=O) groups excluding carboxylic acids is 1. The summed E-state index contributed by atoms with van der Waals surface area (Å²) in [5.41, 5.74) is 1.19. The maximum atomic E-state index is 12.0. The fourth-order valence-electron chi connectivity index (χ4n) is 2.09. The molecule has 1 atom stereocenters. The Balaban J connectivity index is 2.52. The van der Waals surface area contributed by atoms with Crippen molar-refractivity contribution < 1.29 is 14.7 Å². The van der Waals surface area contributed by atoms with Crippen LogP contribution in [0.15, 0.2) is 24.3 Å². The molecule has 0 saturated carbocycles. The van der Waals surface area contributed by atoms with E-state index in [1.165, 1.54) is 7.11 Å². The van der Waals surface area contributed by atoms with Crippen LogP contribution in [-0.4, -0.2) is 36.3 Å². The fourth-order valence-corrected chi connectivity index (χ4v) is 2.09. The summed E-state index contributed by atoms with van der Waals surface area (Å²) in [4.78, 5) is 16.9. The molecule has 0 fully saturated rings. The van der Waals surface area contributed by atoms with E-state index in [4.69, 9.17) is 4.84 Å². The Hall–Kier alpha value is -2.27. The highest BCUT2D eigenvalue weighted by Gasteiger charge is 2.10. The van der Waals surface area contributed by atoms with E-state index in [1.54, 1.807) is 25.2 Å². The van der Waals surface area contributed by atoms with Gasteiger partial charge in [0.2, 0.25) is 0 Å². The summed E-state index contributed by atoms with van der Waals surface area (Å²) in [7, 11) is 2.99. The van der Waals surface area contributed by atoms with Gasteiger partial charge in [0.05, 0.1) is 7.11 Å². The summed E-state index contributed by atoms with van der Waals surface area (Å²) >= 11 is 0. The molecule has 128 valence electrons. The van der Waals surface area contributed by atoms with Crippen LogP contribution in [0, 0.1) is 23.7 Å². The van der Waals surface area contributed by atoms with Crippen molar-refractivity contribution in [3.05, 3.63) is 35.4 Å². The topological polar surface area (TPSA) is 49.8 Å². The van der Waals surface area contributed by atoms with E-state index < -0.39 is 6.10 Å². The smallest absolute Gasteiger partial charge is 0.277 e. The molecule has 0 aromatic heterocycles. The zero-order chi connectivity index (χ0) is 17.8. The minimum absolute atomic E-state index is 0.239. The first-order valence-corrected chi connectivity index (χ1v) is 8.10. The van der Waals surface area contributed by atoms with Crippen molar-refractivity contribution in [2.24, 2.45) is 0 Å². The second-order valence-electron chi connectivity index (χ2n) is 5.38. The van der Waals surface area contributed by atoms with Crippen molar-refractivity contribution in [1.29, 1.82) is 0 Å². The van der Waals surface area contributed by atoms with E-state index in [-0.39, 0.29) is 5.91 Å². The lowest BCUT2D eigenvalue weighted by atomic mass is 10.1. The zero-order valence-electron chi connectivity index (χ0n) is 14.6. The highest BCUT2D eigenvalue weighted by atomic mass is 16.7. The molecule has 0 aliphatic rings. The highest BCUT2D eigenvalue weighted by Crippen LogP contribution is 2.08. The molecule has 1 rings (SSSR count). The molecular formula is C20H25NO3. The van der Waals surface area contributed by atoms with Gasteiger partial charge in [0.25, 0.3) is 5.91 Å². The van der Waals surface area contributed by atoms with Crippen molar-refractivity contribution in [2.75, 3.05) is 14.2 Å². The Morgan fingerprint density at radius 1 is 1.33 bits per heavy atom. The molecule has 0 radical (unpaired) electrons. The third-order valence-electron chi connectivity index (χ3n) is 3.51. The van der Waals surface area contributed by atoms with Gasteiger partial charge in [0.1, 0.15) is 6.10 Å². The third-order valence-corrected chi connectivity index (χ3v) is 3.51. The Morgan fingerprint density at radius 3 is 2.83 bits per heavy atom. The normalized spacial score (nSPS) is 10.8. The quantitative estimate of drug-likeness (QED) is 0.476. The SMILES string of the molecule is CC#CCCCCCC(O)C#Cc1cccc(C(=O)N(C)OC)c1. The lowest BCUT2D eigenvalue weighted by molar-refractivity contribution is -0.0757. The average Bonchev–Trinajstić information content (AvgIpc) is 2.61. The van der Waals surface area contributed by atoms with Crippen LogP contribution >= 0.6 is 0 Å². The number of unbranched alkanes of at least 4 members (excludes halogenated alkanes) is 3. The van der Waals surface area contributed by atoms with Gasteiger partial charge >= 0.3 is 0 Å². The van der Waals surface area contributed by atoms with Gasteiger partial charge in [0, 0.05) is 24.6 Å². The average molecular weight is 327 g/mol. The number of aliphatic hydroxyl groups is 1. The molecule has 4 nitrogen and oxygen atoms in total. The summed E-state index contributed by atoms with van der Waals surface area (Å²) < 4.78 is 0. The van der Waals surface area contributed by atoms with Gasteiger partial charge in [-0.25, -0.2) is 5.06 Å². The maximum Gasteiger partial charge on any atom is 0.277 e. The van der Waals surface area contributed by atoms with Crippen LogP contribution in [0.5, 0.6) is 0 Å². The minimum Gasteiger partial charge on any atom is -0.380 e. The lowest BCUT2D eigenvalue weighted by Crippen LogP contribution is -2.25. The third kappa shape index (κ3) is 7.33. The first-order chi connectivity index (χ1) is 11.6. The van der Waals surface area contributed by atoms with Crippen LogP contribution in [0.4, 0.5) is 0 Å². The zero-order valence-corrected chi connectivity index (χ0v) is 14.6. The number of hydrogen-bond acceptors (Lipinski definition) is 3. The number of aliphatic hydroxyl groups excluding tert-OH is 1. The predicted molar refractivity (Wildman–Crippen MR) is 95.0 cm³/mol. The number of rotatable bonds is 7. The second-order valence-corrected chi connectivity index (χ2v) is 5.38. The summed E-state index contributed by atoms with van der Waals surface area (Å²) in [5, 5.41) is 11.1. The van der Waals surface area contributed by atoms with Crippen molar-refractivity contribution in [2.45, 2.75) is 45.1 Å². The molecule has 0 heterocycles. The van der Waals surface area contributed by atoms with Crippen molar-refractivity contribution in [3.8, 4) is 23.7 Å². The van der Waals surface area contributed by atoms with Crippen molar-refractivity contribution in [3.63, 3.8) is 0 Å². The van der Waals surface area contributed by atoms with E-state index in [0.29, 0.717) is 17.5 Å². The largest absolute Gasteiger partial charge is 0.380 e. The number of amides is 1. The van der Waals surface area contributed by atoms with Gasteiger partial charge in [-0.3, -0.25) is 9.63 Å². The molecule has 1 aromatic rings. The standard InChI is InChI=1S/C20H25NO3/c1-4-5-6-7-8-9-13-19(22)15-14-17-11-10-12-18(16-17)20(23)21(2)24-3/h10-12,16,19,22H,6-9,13H2,1-3H3. The van der Waals surface area contributed by atoms with Gasteiger partial charge in [-0.1, -0.05) is 24.3 Å². The van der Waals surface area contributed by atoms with Gasteiger partial charge in [0.15, 0.2) is 0 Å². The Bertz CT molecular complexity index is 646. The minimum atomic E-state index is -0.650. The highest BCUT2D eigenvalue weighted by molar-refractivity contribution is 5.93. The number of hydrogen-bond donors (Lipinski definition) is 1. The van der Waals surface area contributed by atoms with Crippen LogP contribution in [0.25, 0.3) is 0 Å². The molecule has 1 unspecified atom stereocenters. The lowest BCUT2D eigenvalue weighted by Gasteiger charge is -2.13. The van der Waals surface area contributed by atoms with Crippen LogP contribution in [-0.2, 0) is 4.84 Å². The number of hydroxylamine groups is 2. The molecule has 1 aromatic carbocycles. The van der Waals surface area contributed by atoms with E-state index in [1.807, 2.05) is 13.0 Å². The van der Waals surface area contributed by atoms with Gasteiger partial charge in [-0.2, -0.15) is 0 Å². The van der Waals surface area contributed by atoms with Gasteiger partial charge in [-0.15, -0.1) is 11.8 Å². The molecule has 0 spiro atoms. The Kier molecular flexibility index (Phi) is 9.31. The van der Waals surface area contributed by atoms with Crippen LogP contribution in [0.1, 0.15) is 54.9 Å². The summed E-state index contributed by atoms with van der Waals surface area (Å²) in [6.45, 7) is 1.84. The second kappa shape index (κ2) is 11.3. The molecule has 24 heavy (non-hydrogen) atoms. The van der Waals surface area contributed by atoms with Gasteiger partial charge in [-0.05, 0) is 44.4 Å². The van der Waals surface area contributed by atoms with Crippen LogP contribution < -0.4 is 0 Å². The molecule has 0 saturated heterocycles. The molecule has 1 N–H and O–H groups in total. The summed E-state index contributed by atoms with van der Waals surface area (Å²) in [5.74, 6) is 11.4. The molecule has 0 aliphatic heterocycles. The number of benzene rings is 1. The Labute approximate surface area is 144 Å². The predicted octanol–water partition coefficient (Wildman–Crippen LogP) is 3.01. The molecule has 4 heteroatoms. The first kappa shape index (κ1) is 19.8. The van der Waals surface area contributed by atoms with E-state index in [9.17, 15) is 9.90 Å². The summed E-state index contributed by atoms with van der Waals surface area (Å²) in [6, 6.07) is 6.98. The fraction of sp³-hybridized carbons (Fsp3) is 0.450. The van der Waals surface area contributed by atoms with Crippen LogP contribution in [0.3, 0.4) is 0 Å². The van der Waals surface area contributed by atoms with Crippen molar-refractivity contribution in [1.82, 2.24) is 5.06 Å². The maximum absolute atomic E-state index is 12.0. The van der Waals surface area contributed by atoms with E-state index >= 15 is 0 Å². The number of nitrogens with zero attached hydrogens (tertiary/aromatic N) is 1. The Morgan fingerprint density at radius 2 is 2.12 bits per heavy atom. The summed E-state index contributed by atoms with van der Waals surface area (Å²) in [6.07, 6.45) is 3.94. The molecule has 1 amide bonds. The van der Waals surface area contributed by atoms with E-state index in [2.05, 4.69) is 23.7 Å². The molecule has 0 aliphatic carbocycles. The van der Waals surface area contributed by atoms with Crippen molar-refractivity contribution >= 4 is 5.91 Å². The molecular weight excluding hydrogens is 302 g/mol. The number of carbonyl (C=O) groups is 1. The molecule has 0 bridgehead atoms. The van der Waals surface area contributed by atoms with Gasteiger partial charge < -0.3 is 5.11 Å². The first-order valence-electron chi connectivity index (χ1n) is 8.10. The van der Waals surface area contributed by atoms with E-state index in [0.717, 1.165) is 30.7 Å². The monoisotopic (exact) mass is 327 g/mol.